The predicted octanol–water partition coefficient (Wildman–Crippen LogP) is 4.31. The number of carboxylic acids is 1. The Labute approximate surface area is 205 Å². The maximum absolute atomic E-state index is 12.9. The molecule has 5 rings (SSSR count). The van der Waals surface area contributed by atoms with E-state index in [9.17, 15) is 19.5 Å². The molecule has 7 heteroatoms. The Balaban J connectivity index is 1.19. The van der Waals surface area contributed by atoms with Crippen LogP contribution in [0.4, 0.5) is 4.79 Å². The number of rotatable bonds is 9. The minimum Gasteiger partial charge on any atom is -0.481 e. The van der Waals surface area contributed by atoms with Gasteiger partial charge < -0.3 is 20.5 Å². The Bertz CT molecular complexity index is 1070. The van der Waals surface area contributed by atoms with E-state index in [1.54, 1.807) is 0 Å². The first-order valence-electron chi connectivity index (χ1n) is 12.6. The van der Waals surface area contributed by atoms with Crippen LogP contribution in [0.1, 0.15) is 55.6 Å². The van der Waals surface area contributed by atoms with E-state index < -0.39 is 24.0 Å². The quantitative estimate of drug-likeness (QED) is 0.500. The summed E-state index contributed by atoms with van der Waals surface area (Å²) in [6.07, 6.45) is 4.39. The van der Waals surface area contributed by atoms with E-state index >= 15 is 0 Å². The number of aliphatic carboxylic acids is 1. The molecule has 3 unspecified atom stereocenters. The van der Waals surface area contributed by atoms with Gasteiger partial charge in [0.1, 0.15) is 12.6 Å². The van der Waals surface area contributed by atoms with Crippen LogP contribution in [-0.2, 0) is 14.3 Å². The molecule has 0 radical (unpaired) electrons. The molecule has 0 saturated heterocycles. The fraction of sp³-hybridized carbons (Fsp3) is 0.464. The lowest BCUT2D eigenvalue weighted by Gasteiger charge is -2.22. The lowest BCUT2D eigenvalue weighted by molar-refractivity contribution is -0.143. The lowest BCUT2D eigenvalue weighted by Crippen LogP contribution is -2.48. The van der Waals surface area contributed by atoms with Crippen molar-refractivity contribution in [2.24, 2.45) is 17.8 Å². The summed E-state index contributed by atoms with van der Waals surface area (Å²) in [7, 11) is 0. The van der Waals surface area contributed by atoms with Gasteiger partial charge in [-0.15, -0.1) is 0 Å². The van der Waals surface area contributed by atoms with E-state index in [1.165, 1.54) is 0 Å². The standard InChI is InChI=1S/C28H32N2O5/c31-26(29-15-18-6-5-11-19(18)27(32)33)25(14-17-12-13-17)30-28(34)35-16-24-22-9-3-1-7-20(22)21-8-2-4-10-23(21)24/h1-4,7-10,17-19,24-25H,5-6,11-16H2,(H,29,31)(H,30,34)(H,32,33). The second-order valence-corrected chi connectivity index (χ2v) is 10.1. The molecule has 0 aromatic heterocycles. The minimum absolute atomic E-state index is 0.0424. The second kappa shape index (κ2) is 10.1. The molecule has 3 aliphatic carbocycles. The van der Waals surface area contributed by atoms with Crippen LogP contribution in [0.2, 0.25) is 0 Å². The second-order valence-electron chi connectivity index (χ2n) is 10.1. The van der Waals surface area contributed by atoms with E-state index in [-0.39, 0.29) is 24.3 Å². The zero-order chi connectivity index (χ0) is 24.4. The largest absolute Gasteiger partial charge is 0.481 e. The van der Waals surface area contributed by atoms with Crippen molar-refractivity contribution in [3.05, 3.63) is 59.7 Å². The molecular weight excluding hydrogens is 444 g/mol. The lowest BCUT2D eigenvalue weighted by atomic mass is 9.96. The predicted molar refractivity (Wildman–Crippen MR) is 131 cm³/mol. The maximum atomic E-state index is 12.9. The van der Waals surface area contributed by atoms with Gasteiger partial charge in [-0.1, -0.05) is 67.8 Å². The molecule has 0 bridgehead atoms. The van der Waals surface area contributed by atoms with Crippen LogP contribution < -0.4 is 10.6 Å². The summed E-state index contributed by atoms with van der Waals surface area (Å²) in [5.74, 6) is -1.15. The summed E-state index contributed by atoms with van der Waals surface area (Å²) in [4.78, 5) is 37.1. The number of benzene rings is 2. The van der Waals surface area contributed by atoms with E-state index in [2.05, 4.69) is 34.9 Å². The monoisotopic (exact) mass is 476 g/mol. The highest BCUT2D eigenvalue weighted by Crippen LogP contribution is 2.44. The van der Waals surface area contributed by atoms with E-state index in [0.29, 0.717) is 25.3 Å². The molecule has 2 fully saturated rings. The van der Waals surface area contributed by atoms with Crippen LogP contribution in [0.15, 0.2) is 48.5 Å². The summed E-state index contributed by atoms with van der Waals surface area (Å²) in [5.41, 5.74) is 4.60. The number of carbonyl (C=O) groups excluding carboxylic acids is 2. The van der Waals surface area contributed by atoms with Crippen molar-refractivity contribution in [3.63, 3.8) is 0 Å². The van der Waals surface area contributed by atoms with E-state index in [4.69, 9.17) is 4.74 Å². The molecule has 2 aromatic carbocycles. The van der Waals surface area contributed by atoms with Crippen LogP contribution in [0.3, 0.4) is 0 Å². The van der Waals surface area contributed by atoms with Gasteiger partial charge >= 0.3 is 12.1 Å². The molecular formula is C28H32N2O5. The summed E-state index contributed by atoms with van der Waals surface area (Å²) >= 11 is 0. The summed E-state index contributed by atoms with van der Waals surface area (Å²) in [6.45, 7) is 0.517. The third-order valence-corrected chi connectivity index (χ3v) is 7.73. The van der Waals surface area contributed by atoms with Crippen LogP contribution in [0.25, 0.3) is 11.1 Å². The van der Waals surface area contributed by atoms with Gasteiger partial charge in [-0.25, -0.2) is 4.79 Å². The third-order valence-electron chi connectivity index (χ3n) is 7.73. The fourth-order valence-electron chi connectivity index (χ4n) is 5.66. The van der Waals surface area contributed by atoms with Crippen molar-refractivity contribution >= 4 is 18.0 Å². The van der Waals surface area contributed by atoms with Crippen LogP contribution in [0, 0.1) is 17.8 Å². The highest BCUT2D eigenvalue weighted by Gasteiger charge is 2.35. The normalized spacial score (nSPS) is 21.6. The molecule has 3 aliphatic rings. The smallest absolute Gasteiger partial charge is 0.407 e. The molecule has 2 amide bonds. The molecule has 0 spiro atoms. The van der Waals surface area contributed by atoms with E-state index in [0.717, 1.165) is 47.9 Å². The number of hydrogen-bond acceptors (Lipinski definition) is 4. The number of carbonyl (C=O) groups is 3. The van der Waals surface area contributed by atoms with Crippen molar-refractivity contribution in [2.75, 3.05) is 13.2 Å². The topological polar surface area (TPSA) is 105 Å². The number of carboxylic acid groups (broad SMARTS) is 1. The SMILES string of the molecule is O=C(NC(CC1CC1)C(=O)NCC1CCCC1C(=O)O)OCC1c2ccccc2-c2ccccc21. The van der Waals surface area contributed by atoms with Gasteiger partial charge in [0.2, 0.25) is 5.91 Å². The number of nitrogens with one attached hydrogen (secondary N) is 2. The van der Waals surface area contributed by atoms with Crippen molar-refractivity contribution in [1.29, 1.82) is 0 Å². The molecule has 0 heterocycles. The highest BCUT2D eigenvalue weighted by atomic mass is 16.5. The molecule has 35 heavy (non-hydrogen) atoms. The minimum atomic E-state index is -0.798. The number of hydrogen-bond donors (Lipinski definition) is 3. The fourth-order valence-corrected chi connectivity index (χ4v) is 5.66. The molecule has 3 N–H and O–H groups in total. The number of fused-ring (bicyclic) bond motifs is 3. The van der Waals surface area contributed by atoms with E-state index in [1.807, 2.05) is 24.3 Å². The molecule has 3 atom stereocenters. The average Bonchev–Trinajstić information content (AvgIpc) is 3.45. The van der Waals surface area contributed by atoms with Crippen molar-refractivity contribution in [3.8, 4) is 11.1 Å². The number of amides is 2. The van der Waals surface area contributed by atoms with Crippen LogP contribution in [0.5, 0.6) is 0 Å². The number of alkyl carbamates (subject to hydrolysis) is 1. The van der Waals surface area contributed by atoms with Gasteiger partial charge in [-0.05, 0) is 53.4 Å². The van der Waals surface area contributed by atoms with Gasteiger partial charge in [0.15, 0.2) is 0 Å². The first-order valence-corrected chi connectivity index (χ1v) is 12.6. The Morgan fingerprint density at radius 1 is 0.943 bits per heavy atom. The maximum Gasteiger partial charge on any atom is 0.407 e. The van der Waals surface area contributed by atoms with Crippen LogP contribution >= 0.6 is 0 Å². The summed E-state index contributed by atoms with van der Waals surface area (Å²) < 4.78 is 5.64. The Hall–Kier alpha value is -3.35. The Kier molecular flexibility index (Phi) is 6.75. The Morgan fingerprint density at radius 3 is 2.23 bits per heavy atom. The first-order chi connectivity index (χ1) is 17.0. The molecule has 7 nitrogen and oxygen atoms in total. The summed E-state index contributed by atoms with van der Waals surface area (Å²) in [6, 6.07) is 15.6. The highest BCUT2D eigenvalue weighted by molar-refractivity contribution is 5.86. The number of ether oxygens (including phenoxy) is 1. The van der Waals surface area contributed by atoms with Crippen molar-refractivity contribution < 1.29 is 24.2 Å². The summed E-state index contributed by atoms with van der Waals surface area (Å²) in [5, 5.41) is 15.1. The zero-order valence-corrected chi connectivity index (χ0v) is 19.7. The van der Waals surface area contributed by atoms with Crippen LogP contribution in [-0.4, -0.2) is 42.3 Å². The van der Waals surface area contributed by atoms with Gasteiger partial charge in [-0.3, -0.25) is 9.59 Å². The zero-order valence-electron chi connectivity index (χ0n) is 19.7. The third kappa shape index (κ3) is 5.19. The van der Waals surface area contributed by atoms with Gasteiger partial charge in [-0.2, -0.15) is 0 Å². The van der Waals surface area contributed by atoms with Crippen molar-refractivity contribution in [2.45, 2.75) is 50.5 Å². The molecule has 2 aromatic rings. The van der Waals surface area contributed by atoms with Gasteiger partial charge in [0, 0.05) is 12.5 Å². The molecule has 184 valence electrons. The Morgan fingerprint density at radius 2 is 1.60 bits per heavy atom. The van der Waals surface area contributed by atoms with Gasteiger partial charge in [0.25, 0.3) is 0 Å². The average molecular weight is 477 g/mol. The van der Waals surface area contributed by atoms with Crippen molar-refractivity contribution in [1.82, 2.24) is 10.6 Å². The molecule has 0 aliphatic heterocycles. The van der Waals surface area contributed by atoms with Gasteiger partial charge in [0.05, 0.1) is 5.92 Å². The first kappa shape index (κ1) is 23.4. The molecule has 2 saturated carbocycles.